The molecule has 1 aromatic carbocycles. The normalized spacial score (nSPS) is 10.8. The maximum atomic E-state index is 12.1. The number of nitrogens with zero attached hydrogens (tertiary/aromatic N) is 1. The second-order valence-corrected chi connectivity index (χ2v) is 6.88. The smallest absolute Gasteiger partial charge is 0.262 e. The Morgan fingerprint density at radius 2 is 2.00 bits per heavy atom. The number of nitrogens with two attached hydrogens (primary N) is 1. The number of carbonyl (C=O) groups excluding carboxylic acids is 1. The first-order valence-corrected chi connectivity index (χ1v) is 8.62. The Morgan fingerprint density at radius 3 is 2.57 bits per heavy atom. The fourth-order valence-electron chi connectivity index (χ4n) is 1.56. The molecule has 0 aliphatic carbocycles. The van der Waals surface area contributed by atoms with Crippen molar-refractivity contribution < 1.29 is 13.2 Å². The van der Waals surface area contributed by atoms with E-state index in [1.165, 1.54) is 47.3 Å². The van der Waals surface area contributed by atoms with Crippen molar-refractivity contribution in [2.75, 3.05) is 16.6 Å². The topological polar surface area (TPSA) is 150 Å². The second-order valence-electron chi connectivity index (χ2n) is 4.31. The van der Waals surface area contributed by atoms with E-state index < -0.39 is 15.9 Å². The van der Waals surface area contributed by atoms with Crippen LogP contribution < -0.4 is 21.1 Å². The molecule has 0 aliphatic rings. The van der Waals surface area contributed by atoms with E-state index in [1.807, 2.05) is 0 Å². The molecule has 0 saturated carbocycles. The number of rotatable bonds is 6. The van der Waals surface area contributed by atoms with Crippen molar-refractivity contribution >= 4 is 43.9 Å². The predicted molar refractivity (Wildman–Crippen MR) is 87.9 cm³/mol. The minimum atomic E-state index is -3.70. The highest BCUT2D eigenvalue weighted by Gasteiger charge is 2.15. The van der Waals surface area contributed by atoms with Crippen LogP contribution in [0.25, 0.3) is 0 Å². The molecule has 1 amide bonds. The average Bonchev–Trinajstić information content (AvgIpc) is 2.98. The summed E-state index contributed by atoms with van der Waals surface area (Å²) in [6, 6.07) is 5.68. The first kappa shape index (κ1) is 16.7. The number of hydrogen-bond acceptors (Lipinski definition) is 6. The van der Waals surface area contributed by atoms with E-state index >= 15 is 0 Å². The lowest BCUT2D eigenvalue weighted by Crippen LogP contribution is -2.36. The molecule has 6 N–H and O–H groups in total. The maximum absolute atomic E-state index is 12.1. The zero-order valence-electron chi connectivity index (χ0n) is 11.7. The van der Waals surface area contributed by atoms with Crippen LogP contribution in [-0.4, -0.2) is 31.8 Å². The molecule has 0 aliphatic heterocycles. The number of hydrogen-bond donors (Lipinski definition) is 5. The van der Waals surface area contributed by atoms with Crippen LogP contribution in [0.15, 0.2) is 40.9 Å². The highest BCUT2D eigenvalue weighted by Crippen LogP contribution is 2.20. The molecule has 0 saturated heterocycles. The largest absolute Gasteiger partial charge is 0.370 e. The van der Waals surface area contributed by atoms with Gasteiger partial charge >= 0.3 is 0 Å². The van der Waals surface area contributed by atoms with Crippen LogP contribution >= 0.6 is 11.3 Å². The van der Waals surface area contributed by atoms with Crippen molar-refractivity contribution in [3.63, 3.8) is 0 Å². The first-order chi connectivity index (χ1) is 10.9. The Labute approximate surface area is 136 Å². The molecule has 2 aromatic rings. The van der Waals surface area contributed by atoms with E-state index in [0.717, 1.165) is 0 Å². The van der Waals surface area contributed by atoms with Gasteiger partial charge in [0.15, 0.2) is 5.96 Å². The Hall–Kier alpha value is -2.66. The van der Waals surface area contributed by atoms with Crippen LogP contribution in [0.2, 0.25) is 0 Å². The Bertz CT molecular complexity index is 787. The maximum Gasteiger partial charge on any atom is 0.262 e. The number of sulfonamides is 1. The fourth-order valence-corrected chi connectivity index (χ4v) is 3.36. The molecule has 1 aromatic heterocycles. The summed E-state index contributed by atoms with van der Waals surface area (Å²) in [5.41, 5.74) is 7.02. The number of thiazole rings is 1. The van der Waals surface area contributed by atoms with Gasteiger partial charge in [0, 0.05) is 5.69 Å². The molecule has 2 rings (SSSR count). The summed E-state index contributed by atoms with van der Waals surface area (Å²) in [5.74, 6) is -0.714. The second kappa shape index (κ2) is 7.07. The molecule has 0 atom stereocenters. The highest BCUT2D eigenvalue weighted by atomic mass is 32.2. The van der Waals surface area contributed by atoms with E-state index in [1.54, 1.807) is 0 Å². The number of anilines is 2. The molecular weight excluding hydrogens is 340 g/mol. The molecular formula is C12H14N6O3S2. The van der Waals surface area contributed by atoms with Crippen LogP contribution in [0.5, 0.6) is 0 Å². The SMILES string of the molecule is N=C(N)NCC(=O)Nc1ccc(S(=O)(=O)Nc2cncs2)cc1. The molecule has 23 heavy (non-hydrogen) atoms. The van der Waals surface area contributed by atoms with Gasteiger partial charge in [-0.25, -0.2) is 8.42 Å². The minimum Gasteiger partial charge on any atom is -0.370 e. The number of nitrogens with one attached hydrogen (secondary N) is 4. The van der Waals surface area contributed by atoms with Crippen molar-refractivity contribution in [2.24, 2.45) is 5.73 Å². The molecule has 0 unspecified atom stereocenters. The van der Waals surface area contributed by atoms with E-state index in [-0.39, 0.29) is 17.4 Å². The van der Waals surface area contributed by atoms with Gasteiger partial charge in [-0.2, -0.15) is 0 Å². The zero-order chi connectivity index (χ0) is 16.9. The van der Waals surface area contributed by atoms with E-state index in [2.05, 4.69) is 20.3 Å². The third-order valence-corrected chi connectivity index (χ3v) is 4.75. The summed E-state index contributed by atoms with van der Waals surface area (Å²) >= 11 is 1.17. The monoisotopic (exact) mass is 354 g/mol. The molecule has 1 heterocycles. The number of carbonyl (C=O) groups is 1. The fraction of sp³-hybridized carbons (Fsp3) is 0.0833. The highest BCUT2D eigenvalue weighted by molar-refractivity contribution is 7.93. The van der Waals surface area contributed by atoms with Crippen molar-refractivity contribution in [1.29, 1.82) is 5.41 Å². The average molecular weight is 354 g/mol. The molecule has 0 fully saturated rings. The number of aromatic nitrogens is 1. The van der Waals surface area contributed by atoms with Crippen molar-refractivity contribution in [2.45, 2.75) is 4.90 Å². The van der Waals surface area contributed by atoms with Gasteiger partial charge in [-0.05, 0) is 24.3 Å². The number of amides is 1. The van der Waals surface area contributed by atoms with Gasteiger partial charge in [-0.1, -0.05) is 0 Å². The van der Waals surface area contributed by atoms with Gasteiger partial charge in [-0.3, -0.25) is 19.9 Å². The van der Waals surface area contributed by atoms with Crippen molar-refractivity contribution in [3.8, 4) is 0 Å². The molecule has 9 nitrogen and oxygen atoms in total. The Kier molecular flexibility index (Phi) is 5.13. The number of guanidine groups is 1. The van der Waals surface area contributed by atoms with Gasteiger partial charge in [0.25, 0.3) is 10.0 Å². The quantitative estimate of drug-likeness (QED) is 0.373. The van der Waals surface area contributed by atoms with Crippen LogP contribution in [0.3, 0.4) is 0 Å². The van der Waals surface area contributed by atoms with Crippen LogP contribution in [0.4, 0.5) is 10.7 Å². The lowest BCUT2D eigenvalue weighted by Gasteiger charge is -2.08. The zero-order valence-corrected chi connectivity index (χ0v) is 13.4. The third-order valence-electron chi connectivity index (χ3n) is 2.56. The van der Waals surface area contributed by atoms with Crippen molar-refractivity contribution in [1.82, 2.24) is 10.3 Å². The van der Waals surface area contributed by atoms with Crippen LogP contribution in [0, 0.1) is 5.41 Å². The standard InChI is InChI=1S/C12H14N6O3S2/c13-12(14)16-5-10(19)17-8-1-3-9(4-2-8)23(20,21)18-11-6-15-7-22-11/h1-4,6-7,18H,5H2,(H,17,19)(H4,13,14,16). The van der Waals surface area contributed by atoms with Gasteiger partial charge in [0.1, 0.15) is 5.00 Å². The molecule has 122 valence electrons. The summed E-state index contributed by atoms with van der Waals surface area (Å²) in [6.45, 7) is -0.150. The summed E-state index contributed by atoms with van der Waals surface area (Å²) in [7, 11) is -3.70. The summed E-state index contributed by atoms with van der Waals surface area (Å²) < 4.78 is 26.7. The predicted octanol–water partition coefficient (Wildman–Crippen LogP) is 0.365. The summed E-state index contributed by atoms with van der Waals surface area (Å²) in [5, 5.41) is 12.3. The van der Waals surface area contributed by atoms with Gasteiger partial charge in [0.2, 0.25) is 5.91 Å². The van der Waals surface area contributed by atoms with E-state index in [4.69, 9.17) is 11.1 Å². The van der Waals surface area contributed by atoms with E-state index in [9.17, 15) is 13.2 Å². The summed E-state index contributed by atoms with van der Waals surface area (Å²) in [6.07, 6.45) is 1.42. The minimum absolute atomic E-state index is 0.0609. The molecule has 0 radical (unpaired) electrons. The first-order valence-electron chi connectivity index (χ1n) is 6.26. The summed E-state index contributed by atoms with van der Waals surface area (Å²) in [4.78, 5) is 15.4. The van der Waals surface area contributed by atoms with Gasteiger partial charge in [0.05, 0.1) is 23.1 Å². The molecule has 0 bridgehead atoms. The lowest BCUT2D eigenvalue weighted by atomic mass is 10.3. The Balaban J connectivity index is 2.01. The van der Waals surface area contributed by atoms with Crippen LogP contribution in [-0.2, 0) is 14.8 Å². The van der Waals surface area contributed by atoms with E-state index in [0.29, 0.717) is 10.7 Å². The Morgan fingerprint density at radius 1 is 1.30 bits per heavy atom. The molecule has 0 spiro atoms. The molecule has 11 heteroatoms. The number of benzene rings is 1. The lowest BCUT2D eigenvalue weighted by molar-refractivity contribution is -0.115. The van der Waals surface area contributed by atoms with Crippen LogP contribution in [0.1, 0.15) is 0 Å². The van der Waals surface area contributed by atoms with Gasteiger partial charge in [-0.15, -0.1) is 11.3 Å². The van der Waals surface area contributed by atoms with Gasteiger partial charge < -0.3 is 16.4 Å². The van der Waals surface area contributed by atoms with Crippen molar-refractivity contribution in [3.05, 3.63) is 36.0 Å². The third kappa shape index (κ3) is 4.93.